The molecule has 0 bridgehead atoms. The summed E-state index contributed by atoms with van der Waals surface area (Å²) in [4.78, 5) is 12.2. The summed E-state index contributed by atoms with van der Waals surface area (Å²) in [6, 6.07) is 6.91. The van der Waals surface area contributed by atoms with Gasteiger partial charge in [-0.05, 0) is 45.7 Å². The lowest BCUT2D eigenvalue weighted by Gasteiger charge is -2.26. The van der Waals surface area contributed by atoms with Gasteiger partial charge in [0.15, 0.2) is 11.0 Å². The minimum atomic E-state index is -0.302. The van der Waals surface area contributed by atoms with E-state index in [9.17, 15) is 9.18 Å². The van der Waals surface area contributed by atoms with Crippen LogP contribution in [0.1, 0.15) is 58.9 Å². The molecule has 1 saturated carbocycles. The number of hydrogen-bond acceptors (Lipinski definition) is 4. The van der Waals surface area contributed by atoms with E-state index in [1.165, 1.54) is 24.2 Å². The van der Waals surface area contributed by atoms with Crippen molar-refractivity contribution in [2.24, 2.45) is 0 Å². The van der Waals surface area contributed by atoms with Crippen molar-refractivity contribution in [1.29, 1.82) is 0 Å². The Morgan fingerprint density at radius 2 is 1.93 bits per heavy atom. The number of thioether (sulfide) groups is 1. The molecule has 0 saturated heterocycles. The molecule has 1 aliphatic rings. The predicted molar refractivity (Wildman–Crippen MR) is 106 cm³/mol. The van der Waals surface area contributed by atoms with Crippen LogP contribution in [0.2, 0.25) is 0 Å². The number of hydrogen-bond donors (Lipinski definition) is 1. The highest BCUT2D eigenvalue weighted by atomic mass is 32.2. The van der Waals surface area contributed by atoms with Crippen LogP contribution in [0, 0.1) is 5.82 Å². The number of benzene rings is 1. The van der Waals surface area contributed by atoms with Crippen LogP contribution in [0.3, 0.4) is 0 Å². The quantitative estimate of drug-likeness (QED) is 0.758. The van der Waals surface area contributed by atoms with Gasteiger partial charge in [-0.15, -0.1) is 10.2 Å². The Labute approximate surface area is 164 Å². The van der Waals surface area contributed by atoms with Crippen molar-refractivity contribution in [3.05, 3.63) is 30.1 Å². The molecular weight excluding hydrogens is 363 g/mol. The molecule has 2 aromatic rings. The van der Waals surface area contributed by atoms with Gasteiger partial charge < -0.3 is 5.32 Å². The van der Waals surface area contributed by atoms with Crippen molar-refractivity contribution in [2.75, 3.05) is 5.75 Å². The molecule has 1 N–H and O–H groups in total. The van der Waals surface area contributed by atoms with Crippen molar-refractivity contribution in [3.63, 3.8) is 0 Å². The first kappa shape index (κ1) is 19.9. The van der Waals surface area contributed by atoms with Crippen molar-refractivity contribution in [2.45, 2.75) is 69.6 Å². The van der Waals surface area contributed by atoms with Gasteiger partial charge in [-0.1, -0.05) is 43.2 Å². The molecule has 1 aromatic heterocycles. The van der Waals surface area contributed by atoms with E-state index in [4.69, 9.17) is 0 Å². The molecule has 0 atom stereocenters. The van der Waals surface area contributed by atoms with Crippen LogP contribution in [-0.4, -0.2) is 32.0 Å². The SMILES string of the molecule is CC(C)(C)NC(=O)CSc1nnc(-c2ccccc2F)n1C1CCCCC1. The summed E-state index contributed by atoms with van der Waals surface area (Å²) >= 11 is 1.37. The molecule has 0 spiro atoms. The molecule has 0 aliphatic heterocycles. The summed E-state index contributed by atoms with van der Waals surface area (Å²) in [6.07, 6.45) is 5.58. The number of halogens is 1. The molecule has 1 amide bonds. The maximum atomic E-state index is 14.4. The Morgan fingerprint density at radius 1 is 1.22 bits per heavy atom. The van der Waals surface area contributed by atoms with Crippen LogP contribution in [0.25, 0.3) is 11.4 Å². The number of carbonyl (C=O) groups excluding carboxylic acids is 1. The van der Waals surface area contributed by atoms with E-state index >= 15 is 0 Å². The predicted octanol–water partition coefficient (Wildman–Crippen LogP) is 4.60. The van der Waals surface area contributed by atoms with E-state index in [0.29, 0.717) is 16.5 Å². The van der Waals surface area contributed by atoms with Gasteiger partial charge in [0.25, 0.3) is 0 Å². The zero-order chi connectivity index (χ0) is 19.4. The van der Waals surface area contributed by atoms with Crippen molar-refractivity contribution >= 4 is 17.7 Å². The fourth-order valence-corrected chi connectivity index (χ4v) is 4.26. The Morgan fingerprint density at radius 3 is 2.59 bits per heavy atom. The van der Waals surface area contributed by atoms with E-state index in [-0.39, 0.29) is 29.1 Å². The molecule has 0 unspecified atom stereocenters. The lowest BCUT2D eigenvalue weighted by molar-refractivity contribution is -0.119. The number of carbonyl (C=O) groups is 1. The highest BCUT2D eigenvalue weighted by Gasteiger charge is 2.25. The molecule has 1 fully saturated rings. The van der Waals surface area contributed by atoms with E-state index in [2.05, 4.69) is 15.5 Å². The van der Waals surface area contributed by atoms with Crippen molar-refractivity contribution in [3.8, 4) is 11.4 Å². The first-order chi connectivity index (χ1) is 12.8. The molecule has 7 heteroatoms. The fraction of sp³-hybridized carbons (Fsp3) is 0.550. The third kappa shape index (κ3) is 5.09. The molecule has 27 heavy (non-hydrogen) atoms. The summed E-state index contributed by atoms with van der Waals surface area (Å²) in [7, 11) is 0. The Balaban J connectivity index is 1.87. The maximum absolute atomic E-state index is 14.4. The monoisotopic (exact) mass is 390 g/mol. The fourth-order valence-electron chi connectivity index (χ4n) is 3.45. The maximum Gasteiger partial charge on any atom is 0.230 e. The van der Waals surface area contributed by atoms with Crippen LogP contribution >= 0.6 is 11.8 Å². The summed E-state index contributed by atoms with van der Waals surface area (Å²) in [6.45, 7) is 5.86. The van der Waals surface area contributed by atoms with Crippen molar-refractivity contribution < 1.29 is 9.18 Å². The Bertz CT molecular complexity index is 794. The second kappa shape index (κ2) is 8.42. The van der Waals surface area contributed by atoms with Crippen LogP contribution in [0.15, 0.2) is 29.4 Å². The van der Waals surface area contributed by atoms with E-state index in [1.54, 1.807) is 12.1 Å². The van der Waals surface area contributed by atoms with Crippen LogP contribution in [0.5, 0.6) is 0 Å². The summed E-state index contributed by atoms with van der Waals surface area (Å²) in [5.41, 5.74) is 0.189. The number of nitrogens with zero attached hydrogens (tertiary/aromatic N) is 3. The molecule has 0 radical (unpaired) electrons. The second-order valence-electron chi connectivity index (χ2n) is 8.03. The van der Waals surface area contributed by atoms with Gasteiger partial charge in [-0.25, -0.2) is 4.39 Å². The molecule has 1 aromatic carbocycles. The smallest absolute Gasteiger partial charge is 0.230 e. The first-order valence-electron chi connectivity index (χ1n) is 9.49. The normalized spacial score (nSPS) is 15.7. The van der Waals surface area contributed by atoms with Crippen LogP contribution in [-0.2, 0) is 4.79 Å². The molecule has 3 rings (SSSR count). The van der Waals surface area contributed by atoms with Gasteiger partial charge in [0.1, 0.15) is 5.82 Å². The largest absolute Gasteiger partial charge is 0.351 e. The zero-order valence-corrected chi connectivity index (χ0v) is 17.0. The van der Waals surface area contributed by atoms with Crippen molar-refractivity contribution in [1.82, 2.24) is 20.1 Å². The van der Waals surface area contributed by atoms with Gasteiger partial charge in [0.2, 0.25) is 5.91 Å². The van der Waals surface area contributed by atoms with E-state index < -0.39 is 0 Å². The molecule has 1 aliphatic carbocycles. The Hall–Kier alpha value is -1.89. The standard InChI is InChI=1S/C20H27FN4OS/c1-20(2,3)22-17(26)13-27-19-24-23-18(15-11-7-8-12-16(15)21)25(19)14-9-5-4-6-10-14/h7-8,11-12,14H,4-6,9-10,13H2,1-3H3,(H,22,26). The number of aromatic nitrogens is 3. The average molecular weight is 391 g/mol. The van der Waals surface area contributed by atoms with Gasteiger partial charge in [0.05, 0.1) is 11.3 Å². The van der Waals surface area contributed by atoms with Gasteiger partial charge >= 0.3 is 0 Å². The lowest BCUT2D eigenvalue weighted by Crippen LogP contribution is -2.41. The first-order valence-corrected chi connectivity index (χ1v) is 10.5. The second-order valence-corrected chi connectivity index (χ2v) is 8.98. The summed E-state index contributed by atoms with van der Waals surface area (Å²) in [5.74, 6) is 0.472. The highest BCUT2D eigenvalue weighted by Crippen LogP contribution is 2.36. The zero-order valence-electron chi connectivity index (χ0n) is 16.2. The number of rotatable bonds is 5. The third-order valence-electron chi connectivity index (χ3n) is 4.57. The van der Waals surface area contributed by atoms with Gasteiger partial charge in [-0.2, -0.15) is 0 Å². The van der Waals surface area contributed by atoms with E-state index in [0.717, 1.165) is 25.7 Å². The summed E-state index contributed by atoms with van der Waals surface area (Å²) < 4.78 is 16.4. The number of amides is 1. The molecule has 146 valence electrons. The van der Waals surface area contributed by atoms with Gasteiger partial charge in [-0.3, -0.25) is 9.36 Å². The topological polar surface area (TPSA) is 59.8 Å². The lowest BCUT2D eigenvalue weighted by atomic mass is 9.95. The highest BCUT2D eigenvalue weighted by molar-refractivity contribution is 7.99. The average Bonchev–Trinajstić information content (AvgIpc) is 3.03. The molecular formula is C20H27FN4OS. The van der Waals surface area contributed by atoms with E-state index in [1.807, 2.05) is 31.4 Å². The van der Waals surface area contributed by atoms with Gasteiger partial charge in [0, 0.05) is 11.6 Å². The summed E-state index contributed by atoms with van der Waals surface area (Å²) in [5, 5.41) is 12.2. The Kier molecular flexibility index (Phi) is 6.19. The minimum Gasteiger partial charge on any atom is -0.351 e. The minimum absolute atomic E-state index is 0.0434. The number of nitrogens with one attached hydrogen (secondary N) is 1. The van der Waals surface area contributed by atoms with Crippen LogP contribution in [0.4, 0.5) is 4.39 Å². The third-order valence-corrected chi connectivity index (χ3v) is 5.51. The molecule has 1 heterocycles. The van der Waals surface area contributed by atoms with Crippen LogP contribution < -0.4 is 5.32 Å². The molecule has 5 nitrogen and oxygen atoms in total.